The Hall–Kier alpha value is 0.231. The second kappa shape index (κ2) is 8.50. The van der Waals surface area contributed by atoms with Crippen LogP contribution >= 0.6 is 0 Å². The van der Waals surface area contributed by atoms with E-state index in [1.807, 2.05) is 5.32 Å². The van der Waals surface area contributed by atoms with Gasteiger partial charge in [-0.1, -0.05) is 6.32 Å². The molecule has 19 heavy (non-hydrogen) atoms. The van der Waals surface area contributed by atoms with Crippen molar-refractivity contribution in [3.63, 3.8) is 0 Å². The van der Waals surface area contributed by atoms with Crippen LogP contribution in [0.5, 0.6) is 0 Å². The second-order valence-corrected chi connectivity index (χ2v) is 4.67. The van der Waals surface area contributed by atoms with Gasteiger partial charge in [-0.2, -0.15) is 0 Å². The van der Waals surface area contributed by atoms with Gasteiger partial charge in [-0.05, 0) is 20.8 Å². The number of rotatable bonds is 4. The first kappa shape index (κ1) is 21.5. The zero-order chi connectivity index (χ0) is 14.6. The second-order valence-electron chi connectivity index (χ2n) is 4.67. The molecule has 0 saturated heterocycles. The van der Waals surface area contributed by atoms with E-state index in [2.05, 4.69) is 4.74 Å². The van der Waals surface area contributed by atoms with Crippen molar-refractivity contribution in [2.45, 2.75) is 38.7 Å². The summed E-state index contributed by atoms with van der Waals surface area (Å²) in [5, 5.41) is 1.84. The fraction of sp³-hybridized carbons (Fsp3) is 0.778. The molecule has 5 nitrogen and oxygen atoms in total. The maximum Gasteiger partial charge on any atom is 1.00 e. The number of carbonyl (C=O) groups is 2. The Morgan fingerprint density at radius 1 is 1.26 bits per heavy atom. The number of nitrogens with one attached hydrogen (secondary N) is 1. The third kappa shape index (κ3) is 11.7. The monoisotopic (exact) mass is 309 g/mol. The van der Waals surface area contributed by atoms with Crippen molar-refractivity contribution < 1.29 is 83.4 Å². The number of esters is 1. The number of hydrogen-bond donors (Lipinski definition) is 1. The number of halogens is 3. The van der Waals surface area contributed by atoms with Crippen LogP contribution in [0.25, 0.3) is 0 Å². The minimum absolute atomic E-state index is 0. The van der Waals surface area contributed by atoms with Crippen LogP contribution in [0.2, 0.25) is 6.32 Å². The molecular weight excluding hydrogens is 293 g/mol. The first-order valence-electron chi connectivity index (χ1n) is 5.23. The van der Waals surface area contributed by atoms with E-state index >= 15 is 0 Å². The van der Waals surface area contributed by atoms with Crippen LogP contribution in [0, 0.1) is 0 Å². The maximum absolute atomic E-state index is 12.3. The van der Waals surface area contributed by atoms with E-state index < -0.39 is 37.0 Å². The van der Waals surface area contributed by atoms with Crippen molar-refractivity contribution in [2.24, 2.45) is 0 Å². The summed E-state index contributed by atoms with van der Waals surface area (Å²) in [5.74, 6) is -1.17. The van der Waals surface area contributed by atoms with Gasteiger partial charge in [0.25, 0.3) is 0 Å². The summed E-state index contributed by atoms with van der Waals surface area (Å²) in [4.78, 5) is 22.4. The molecule has 0 rings (SSSR count). The third-order valence-corrected chi connectivity index (χ3v) is 1.68. The van der Waals surface area contributed by atoms with Gasteiger partial charge in [-0.3, -0.25) is 0 Å². The molecule has 0 bridgehead atoms. The Morgan fingerprint density at radius 2 is 1.74 bits per heavy atom. The molecule has 1 unspecified atom stereocenters. The van der Waals surface area contributed by atoms with E-state index in [0.29, 0.717) is 0 Å². The van der Waals surface area contributed by atoms with Crippen LogP contribution in [0.15, 0.2) is 0 Å². The van der Waals surface area contributed by atoms with Gasteiger partial charge in [0.05, 0.1) is 7.11 Å². The molecule has 106 valence electrons. The van der Waals surface area contributed by atoms with E-state index in [-0.39, 0.29) is 51.4 Å². The summed E-state index contributed by atoms with van der Waals surface area (Å²) in [6, 6.07) is -1.79. The van der Waals surface area contributed by atoms with Crippen molar-refractivity contribution in [3.05, 3.63) is 0 Å². The van der Waals surface area contributed by atoms with Crippen LogP contribution in [0.4, 0.5) is 17.7 Å². The predicted molar refractivity (Wildman–Crippen MR) is 59.1 cm³/mol. The van der Waals surface area contributed by atoms with Gasteiger partial charge in [-0.15, -0.1) is 0 Å². The standard InChI is InChI=1S/C9H16BF3NO4.K/c1-9(2,3)18-8(16)14-6(7(15)17-4)5-10(11,12)13;/h6H,5H2,1-4H3,(H,14,16);/q-1;+1. The fourth-order valence-electron chi connectivity index (χ4n) is 1.07. The molecule has 0 aromatic heterocycles. The van der Waals surface area contributed by atoms with Crippen molar-refractivity contribution in [1.82, 2.24) is 5.32 Å². The van der Waals surface area contributed by atoms with Gasteiger partial charge in [0.2, 0.25) is 0 Å². The smallest absolute Gasteiger partial charge is 0.468 e. The molecule has 0 fully saturated rings. The van der Waals surface area contributed by atoms with Crippen LogP contribution < -0.4 is 56.7 Å². The maximum atomic E-state index is 12.3. The number of methoxy groups -OCH3 is 1. The molecule has 0 saturated carbocycles. The SMILES string of the molecule is COC(=O)C(C[B-](F)(F)F)NC(=O)OC(C)(C)C.[K+]. The average Bonchev–Trinajstić information content (AvgIpc) is 2.10. The molecule has 0 aliphatic carbocycles. The van der Waals surface area contributed by atoms with Crippen LogP contribution in [0.1, 0.15) is 20.8 Å². The summed E-state index contributed by atoms with van der Waals surface area (Å²) in [7, 11) is 0.940. The van der Waals surface area contributed by atoms with Crippen LogP contribution in [-0.2, 0) is 14.3 Å². The molecule has 1 N–H and O–H groups in total. The van der Waals surface area contributed by atoms with E-state index in [1.165, 1.54) is 0 Å². The normalized spacial score (nSPS) is 13.0. The Balaban J connectivity index is 0. The summed E-state index contributed by atoms with van der Waals surface area (Å²) in [6.07, 6.45) is -2.55. The molecule has 0 spiro atoms. The molecule has 0 radical (unpaired) electrons. The Kier molecular flexibility index (Phi) is 9.63. The van der Waals surface area contributed by atoms with Gasteiger partial charge in [0.1, 0.15) is 11.6 Å². The molecule has 10 heteroatoms. The molecule has 0 aromatic carbocycles. The van der Waals surface area contributed by atoms with Gasteiger partial charge in [0, 0.05) is 0 Å². The number of amides is 1. The molecular formula is C9H16BF3KNO4. The zero-order valence-electron chi connectivity index (χ0n) is 11.6. The van der Waals surface area contributed by atoms with Crippen LogP contribution in [-0.4, -0.2) is 37.8 Å². The topological polar surface area (TPSA) is 64.6 Å². The largest absolute Gasteiger partial charge is 1.00 e. The summed E-state index contributed by atoms with van der Waals surface area (Å²) in [6.45, 7) is -0.583. The predicted octanol–water partition coefficient (Wildman–Crippen LogP) is -1.10. The molecule has 0 aliphatic heterocycles. The van der Waals surface area contributed by atoms with Gasteiger partial charge in [-0.25, -0.2) is 9.59 Å². The number of hydrogen-bond acceptors (Lipinski definition) is 4. The van der Waals surface area contributed by atoms with E-state index in [4.69, 9.17) is 4.74 Å². The van der Waals surface area contributed by atoms with Crippen LogP contribution in [0.3, 0.4) is 0 Å². The summed E-state index contributed by atoms with van der Waals surface area (Å²) >= 11 is 0. The molecule has 0 aliphatic rings. The van der Waals surface area contributed by atoms with Gasteiger partial charge in [0.15, 0.2) is 0 Å². The summed E-state index contributed by atoms with van der Waals surface area (Å²) in [5.41, 5.74) is -0.867. The number of ether oxygens (including phenoxy) is 2. The Labute approximate surface area is 152 Å². The minimum Gasteiger partial charge on any atom is -0.468 e. The Morgan fingerprint density at radius 3 is 2.05 bits per heavy atom. The quantitative estimate of drug-likeness (QED) is 0.529. The molecule has 0 heterocycles. The van der Waals surface area contributed by atoms with Crippen molar-refractivity contribution in [3.8, 4) is 0 Å². The van der Waals surface area contributed by atoms with Crippen molar-refractivity contribution in [2.75, 3.05) is 7.11 Å². The first-order chi connectivity index (χ1) is 7.94. The van der Waals surface area contributed by atoms with E-state index in [1.54, 1.807) is 20.8 Å². The number of carbonyl (C=O) groups excluding carboxylic acids is 2. The zero-order valence-corrected chi connectivity index (χ0v) is 14.8. The van der Waals surface area contributed by atoms with E-state index in [0.717, 1.165) is 7.11 Å². The first-order valence-corrected chi connectivity index (χ1v) is 5.23. The average molecular weight is 309 g/mol. The molecule has 1 amide bonds. The van der Waals surface area contributed by atoms with Crippen molar-refractivity contribution >= 4 is 19.0 Å². The molecule has 1 atom stereocenters. The van der Waals surface area contributed by atoms with E-state index in [9.17, 15) is 22.5 Å². The van der Waals surface area contributed by atoms with Gasteiger partial charge < -0.3 is 27.7 Å². The molecule has 0 aromatic rings. The third-order valence-electron chi connectivity index (χ3n) is 1.68. The Bertz CT molecular complexity index is 320. The minimum atomic E-state index is -5.23. The van der Waals surface area contributed by atoms with Gasteiger partial charge >= 0.3 is 70.4 Å². The fourth-order valence-corrected chi connectivity index (χ4v) is 1.07. The number of alkyl carbamates (subject to hydrolysis) is 1. The van der Waals surface area contributed by atoms with Crippen molar-refractivity contribution in [1.29, 1.82) is 0 Å². The summed E-state index contributed by atoms with van der Waals surface area (Å²) < 4.78 is 45.7.